The van der Waals surface area contributed by atoms with Gasteiger partial charge in [0.2, 0.25) is 5.91 Å². The van der Waals surface area contributed by atoms with Gasteiger partial charge in [0.05, 0.1) is 12.2 Å². The number of hydrogen-bond acceptors (Lipinski definition) is 4. The van der Waals surface area contributed by atoms with Gasteiger partial charge in [-0.25, -0.2) is 4.68 Å². The summed E-state index contributed by atoms with van der Waals surface area (Å²) in [5.41, 5.74) is 2.12. The van der Waals surface area contributed by atoms with E-state index in [1.807, 2.05) is 38.1 Å². The topological polar surface area (TPSA) is 76.9 Å². The number of carbonyl (C=O) groups is 1. The van der Waals surface area contributed by atoms with Crippen molar-refractivity contribution in [1.82, 2.24) is 20.1 Å². The van der Waals surface area contributed by atoms with Crippen LogP contribution in [-0.2, 0) is 11.3 Å². The van der Waals surface area contributed by atoms with E-state index in [2.05, 4.69) is 15.4 Å². The summed E-state index contributed by atoms with van der Waals surface area (Å²) in [5, 5.41) is 7.58. The highest BCUT2D eigenvalue weighted by atomic mass is 16.2. The Kier molecular flexibility index (Phi) is 4.37. The Balaban J connectivity index is 1.74. The third-order valence-electron chi connectivity index (χ3n) is 3.86. The molecular weight excluding hydrogens is 304 g/mol. The molecule has 0 unspecified atom stereocenters. The molecule has 0 aliphatic heterocycles. The summed E-state index contributed by atoms with van der Waals surface area (Å²) in [5.74, 6) is -0.270. The van der Waals surface area contributed by atoms with Crippen molar-refractivity contribution < 1.29 is 4.79 Å². The van der Waals surface area contributed by atoms with E-state index in [0.717, 1.165) is 15.8 Å². The molecule has 3 aromatic rings. The summed E-state index contributed by atoms with van der Waals surface area (Å²) in [6.07, 6.45) is 3.09. The second kappa shape index (κ2) is 6.62. The van der Waals surface area contributed by atoms with Crippen molar-refractivity contribution in [2.45, 2.75) is 26.4 Å². The SMILES string of the molecule is Cc1ccc([C@H](C)NC(=O)Cn2ncc3cccnc3c2=O)cc1. The quantitative estimate of drug-likeness (QED) is 0.797. The number of benzene rings is 1. The number of fused-ring (bicyclic) bond motifs is 1. The fourth-order valence-corrected chi connectivity index (χ4v) is 2.48. The van der Waals surface area contributed by atoms with Crippen LogP contribution in [0.2, 0.25) is 0 Å². The van der Waals surface area contributed by atoms with Crippen molar-refractivity contribution in [1.29, 1.82) is 0 Å². The number of amides is 1. The molecular formula is C18H18N4O2. The second-order valence-electron chi connectivity index (χ2n) is 5.75. The fourth-order valence-electron chi connectivity index (χ4n) is 2.48. The Hall–Kier alpha value is -3.02. The minimum atomic E-state index is -0.369. The van der Waals surface area contributed by atoms with Crippen LogP contribution in [0.25, 0.3) is 10.9 Å². The van der Waals surface area contributed by atoms with Gasteiger partial charge in [0.1, 0.15) is 12.1 Å². The lowest BCUT2D eigenvalue weighted by atomic mass is 10.1. The van der Waals surface area contributed by atoms with Crippen molar-refractivity contribution in [2.24, 2.45) is 0 Å². The van der Waals surface area contributed by atoms with Crippen LogP contribution >= 0.6 is 0 Å². The van der Waals surface area contributed by atoms with Crippen molar-refractivity contribution in [3.05, 3.63) is 70.3 Å². The number of aromatic nitrogens is 3. The molecule has 24 heavy (non-hydrogen) atoms. The molecule has 1 aromatic carbocycles. The van der Waals surface area contributed by atoms with Gasteiger partial charge in [-0.1, -0.05) is 29.8 Å². The third kappa shape index (κ3) is 3.32. The smallest absolute Gasteiger partial charge is 0.293 e. The molecule has 0 aliphatic carbocycles. The van der Waals surface area contributed by atoms with Gasteiger partial charge in [-0.2, -0.15) is 5.10 Å². The average Bonchev–Trinajstić information content (AvgIpc) is 2.58. The normalized spacial score (nSPS) is 12.1. The Bertz CT molecular complexity index is 932. The van der Waals surface area contributed by atoms with Crippen LogP contribution < -0.4 is 10.9 Å². The average molecular weight is 322 g/mol. The largest absolute Gasteiger partial charge is 0.348 e. The third-order valence-corrected chi connectivity index (χ3v) is 3.86. The summed E-state index contributed by atoms with van der Waals surface area (Å²) >= 11 is 0. The molecule has 1 N–H and O–H groups in total. The first kappa shape index (κ1) is 15.9. The number of pyridine rings is 1. The molecule has 0 radical (unpaired) electrons. The maximum atomic E-state index is 12.3. The monoisotopic (exact) mass is 322 g/mol. The van der Waals surface area contributed by atoms with Crippen LogP contribution in [0.3, 0.4) is 0 Å². The van der Waals surface area contributed by atoms with Crippen LogP contribution in [-0.4, -0.2) is 20.7 Å². The molecule has 0 saturated heterocycles. The van der Waals surface area contributed by atoms with E-state index < -0.39 is 0 Å². The number of rotatable bonds is 4. The summed E-state index contributed by atoms with van der Waals surface area (Å²) < 4.78 is 1.13. The Morgan fingerprint density at radius 3 is 2.75 bits per heavy atom. The van der Waals surface area contributed by atoms with Crippen molar-refractivity contribution in [2.75, 3.05) is 0 Å². The minimum Gasteiger partial charge on any atom is -0.348 e. The van der Waals surface area contributed by atoms with Gasteiger partial charge in [0.25, 0.3) is 5.56 Å². The van der Waals surface area contributed by atoms with Crippen LogP contribution in [0.15, 0.2) is 53.6 Å². The predicted octanol–water partition coefficient (Wildman–Crippen LogP) is 1.98. The first-order valence-electron chi connectivity index (χ1n) is 7.71. The van der Waals surface area contributed by atoms with E-state index >= 15 is 0 Å². The molecule has 1 atom stereocenters. The number of hydrogen-bond donors (Lipinski definition) is 1. The first-order chi connectivity index (χ1) is 11.5. The van der Waals surface area contributed by atoms with Crippen molar-refractivity contribution in [3.8, 4) is 0 Å². The molecule has 0 bridgehead atoms. The van der Waals surface area contributed by atoms with Gasteiger partial charge in [-0.3, -0.25) is 14.6 Å². The summed E-state index contributed by atoms with van der Waals surface area (Å²) in [6.45, 7) is 3.78. The van der Waals surface area contributed by atoms with E-state index in [0.29, 0.717) is 10.9 Å². The Morgan fingerprint density at radius 2 is 2.00 bits per heavy atom. The summed E-state index contributed by atoms with van der Waals surface area (Å²) in [7, 11) is 0. The van der Waals surface area contributed by atoms with Gasteiger partial charge in [0.15, 0.2) is 0 Å². The van der Waals surface area contributed by atoms with Gasteiger partial charge < -0.3 is 5.32 Å². The first-order valence-corrected chi connectivity index (χ1v) is 7.71. The number of aryl methyl sites for hydroxylation is 1. The molecule has 0 saturated carbocycles. The maximum absolute atomic E-state index is 12.3. The highest BCUT2D eigenvalue weighted by molar-refractivity contribution is 5.78. The number of carbonyl (C=O) groups excluding carboxylic acids is 1. The predicted molar refractivity (Wildman–Crippen MR) is 91.5 cm³/mol. The lowest BCUT2D eigenvalue weighted by molar-refractivity contribution is -0.122. The molecule has 122 valence electrons. The fraction of sp³-hybridized carbons (Fsp3) is 0.222. The molecule has 6 heteroatoms. The highest BCUT2D eigenvalue weighted by Crippen LogP contribution is 2.12. The van der Waals surface area contributed by atoms with Crippen molar-refractivity contribution >= 4 is 16.8 Å². The number of nitrogens with zero attached hydrogens (tertiary/aromatic N) is 3. The zero-order chi connectivity index (χ0) is 17.1. The van der Waals surface area contributed by atoms with E-state index in [1.54, 1.807) is 24.5 Å². The van der Waals surface area contributed by atoms with Gasteiger partial charge in [-0.15, -0.1) is 0 Å². The van der Waals surface area contributed by atoms with Crippen LogP contribution in [0.5, 0.6) is 0 Å². The Labute approximate surface area is 139 Å². The van der Waals surface area contributed by atoms with Crippen LogP contribution in [0, 0.1) is 6.92 Å². The summed E-state index contributed by atoms with van der Waals surface area (Å²) in [4.78, 5) is 28.6. The van der Waals surface area contributed by atoms with E-state index in [-0.39, 0.29) is 24.1 Å². The zero-order valence-electron chi connectivity index (χ0n) is 13.6. The van der Waals surface area contributed by atoms with Gasteiger partial charge in [-0.05, 0) is 31.5 Å². The molecule has 3 rings (SSSR count). The molecule has 0 fully saturated rings. The van der Waals surface area contributed by atoms with E-state index in [9.17, 15) is 9.59 Å². The lowest BCUT2D eigenvalue weighted by Crippen LogP contribution is -2.35. The molecule has 2 heterocycles. The minimum absolute atomic E-state index is 0.137. The van der Waals surface area contributed by atoms with E-state index in [1.165, 1.54) is 0 Å². The zero-order valence-corrected chi connectivity index (χ0v) is 13.6. The molecule has 1 amide bonds. The second-order valence-corrected chi connectivity index (χ2v) is 5.75. The molecule has 2 aromatic heterocycles. The maximum Gasteiger partial charge on any atom is 0.293 e. The Morgan fingerprint density at radius 1 is 1.25 bits per heavy atom. The summed E-state index contributed by atoms with van der Waals surface area (Å²) in [6, 6.07) is 11.3. The van der Waals surface area contributed by atoms with Crippen LogP contribution in [0.4, 0.5) is 0 Å². The molecule has 0 spiro atoms. The van der Waals surface area contributed by atoms with Gasteiger partial charge >= 0.3 is 0 Å². The van der Waals surface area contributed by atoms with Crippen molar-refractivity contribution in [3.63, 3.8) is 0 Å². The highest BCUT2D eigenvalue weighted by Gasteiger charge is 2.12. The van der Waals surface area contributed by atoms with E-state index in [4.69, 9.17) is 0 Å². The van der Waals surface area contributed by atoms with Crippen LogP contribution in [0.1, 0.15) is 24.1 Å². The van der Waals surface area contributed by atoms with Gasteiger partial charge in [0, 0.05) is 11.6 Å². The lowest BCUT2D eigenvalue weighted by Gasteiger charge is -2.15. The standard InChI is InChI=1S/C18H18N4O2/c1-12-5-7-14(8-6-12)13(2)21-16(23)11-22-18(24)17-15(10-20-22)4-3-9-19-17/h3-10,13H,11H2,1-2H3,(H,21,23)/t13-/m0/s1. The molecule has 0 aliphatic rings. The number of nitrogens with one attached hydrogen (secondary N) is 1. The molecule has 6 nitrogen and oxygen atoms in total.